The van der Waals surface area contributed by atoms with Gasteiger partial charge in [0.2, 0.25) is 11.9 Å². The Labute approximate surface area is 193 Å². The number of thioether (sulfide) groups is 1. The minimum Gasteiger partial charge on any atom is -0.370 e. The van der Waals surface area contributed by atoms with E-state index in [1.807, 2.05) is 35.3 Å². The summed E-state index contributed by atoms with van der Waals surface area (Å²) in [6.45, 7) is 5.54. The predicted octanol–water partition coefficient (Wildman–Crippen LogP) is 2.79. The van der Waals surface area contributed by atoms with Crippen LogP contribution in [0, 0.1) is 0 Å². The molecule has 1 fully saturated rings. The average molecular weight is 470 g/mol. The molecule has 0 radical (unpaired) electrons. The Balaban J connectivity index is 1.32. The van der Waals surface area contributed by atoms with Crippen LogP contribution in [0.5, 0.6) is 0 Å². The minimum absolute atomic E-state index is 0.00910. The summed E-state index contributed by atoms with van der Waals surface area (Å²) in [6, 6.07) is 9.47. The summed E-state index contributed by atoms with van der Waals surface area (Å²) in [6.07, 6.45) is 0.870. The van der Waals surface area contributed by atoms with Crippen LogP contribution in [-0.2, 0) is 22.6 Å². The van der Waals surface area contributed by atoms with Gasteiger partial charge in [0, 0.05) is 22.5 Å². The number of benzene rings is 1. The van der Waals surface area contributed by atoms with E-state index in [1.165, 1.54) is 27.8 Å². The number of thiophene rings is 1. The molecule has 166 valence electrons. The standard InChI is InChI=1S/C21H23N7O2S2/c1-21(2)8-13-14(9-30-21)32-18-16(13)17-22-11-23-28(17)19-25-26-20(27(18)19)31-10-15(29)24-12-6-4-3-5-7-12/h3-7,17,22-23H,8-11H2,1-2H3,(H,24,29). The second-order valence-electron chi connectivity index (χ2n) is 8.58. The number of nitrogens with zero attached hydrogens (tertiary/aromatic N) is 4. The average Bonchev–Trinajstić information content (AvgIpc) is 3.48. The number of amides is 1. The molecular formula is C21H23N7O2S2. The summed E-state index contributed by atoms with van der Waals surface area (Å²) in [5.41, 5.74) is 6.57. The Morgan fingerprint density at radius 1 is 1.34 bits per heavy atom. The Morgan fingerprint density at radius 2 is 2.19 bits per heavy atom. The van der Waals surface area contributed by atoms with Gasteiger partial charge in [0.15, 0.2) is 5.16 Å². The molecule has 1 aromatic carbocycles. The lowest BCUT2D eigenvalue weighted by atomic mass is 9.92. The maximum atomic E-state index is 12.5. The molecule has 1 saturated heterocycles. The van der Waals surface area contributed by atoms with Crippen molar-refractivity contribution in [3.05, 3.63) is 46.3 Å². The second-order valence-corrected chi connectivity index (χ2v) is 10.6. The molecule has 0 spiro atoms. The topological polar surface area (TPSA) is 96.3 Å². The van der Waals surface area contributed by atoms with E-state index in [0.717, 1.165) is 23.1 Å². The molecule has 2 aromatic heterocycles. The van der Waals surface area contributed by atoms with Gasteiger partial charge in [-0.05, 0) is 31.5 Å². The van der Waals surface area contributed by atoms with Crippen molar-refractivity contribution >= 4 is 40.6 Å². The molecule has 3 N–H and O–H groups in total. The smallest absolute Gasteiger partial charge is 0.249 e. The quantitative estimate of drug-likeness (QED) is 0.502. The fraction of sp³-hybridized carbons (Fsp3) is 0.381. The van der Waals surface area contributed by atoms with Crippen LogP contribution in [0.2, 0.25) is 0 Å². The van der Waals surface area contributed by atoms with E-state index in [1.54, 1.807) is 11.3 Å². The lowest BCUT2D eigenvalue weighted by molar-refractivity contribution is -0.113. The van der Waals surface area contributed by atoms with Gasteiger partial charge in [0.05, 0.1) is 24.6 Å². The van der Waals surface area contributed by atoms with Crippen LogP contribution in [0.15, 0.2) is 35.5 Å². The number of hydrogen-bond donors (Lipinski definition) is 3. The van der Waals surface area contributed by atoms with Crippen LogP contribution in [0.3, 0.4) is 0 Å². The van der Waals surface area contributed by atoms with Crippen molar-refractivity contribution < 1.29 is 9.53 Å². The summed E-state index contributed by atoms with van der Waals surface area (Å²) in [5, 5.41) is 19.2. The molecule has 0 aliphatic carbocycles. The lowest BCUT2D eigenvalue weighted by Crippen LogP contribution is -2.40. The zero-order chi connectivity index (χ0) is 21.9. The van der Waals surface area contributed by atoms with E-state index in [9.17, 15) is 4.79 Å². The van der Waals surface area contributed by atoms with Crippen LogP contribution in [0.4, 0.5) is 11.6 Å². The van der Waals surface area contributed by atoms with Crippen molar-refractivity contribution in [2.45, 2.75) is 43.8 Å². The molecule has 0 saturated carbocycles. The van der Waals surface area contributed by atoms with E-state index in [2.05, 4.69) is 44.7 Å². The zero-order valence-electron chi connectivity index (χ0n) is 17.7. The van der Waals surface area contributed by atoms with Crippen LogP contribution >= 0.6 is 23.1 Å². The third kappa shape index (κ3) is 3.32. The number of carbonyl (C=O) groups is 1. The summed E-state index contributed by atoms with van der Waals surface area (Å²) >= 11 is 3.13. The first-order valence-electron chi connectivity index (χ1n) is 10.5. The summed E-state index contributed by atoms with van der Waals surface area (Å²) in [5.74, 6) is 0.907. The van der Waals surface area contributed by atoms with Crippen molar-refractivity contribution in [3.8, 4) is 5.00 Å². The van der Waals surface area contributed by atoms with E-state index < -0.39 is 0 Å². The normalized spacial score (nSPS) is 20.3. The summed E-state index contributed by atoms with van der Waals surface area (Å²) < 4.78 is 8.15. The first-order chi connectivity index (χ1) is 15.5. The molecule has 3 aliphatic heterocycles. The van der Waals surface area contributed by atoms with E-state index in [0.29, 0.717) is 18.4 Å². The summed E-state index contributed by atoms with van der Waals surface area (Å²) in [4.78, 5) is 13.8. The van der Waals surface area contributed by atoms with Crippen LogP contribution in [0.25, 0.3) is 5.00 Å². The molecule has 3 aromatic rings. The molecule has 9 nitrogen and oxygen atoms in total. The number of hydrazine groups is 1. The molecule has 3 aliphatic rings. The Bertz CT molecular complexity index is 1190. The van der Waals surface area contributed by atoms with Crippen molar-refractivity contribution in [1.82, 2.24) is 25.5 Å². The number of fused-ring (bicyclic) bond motifs is 8. The number of hydrogen-bond acceptors (Lipinski definition) is 9. The highest BCUT2D eigenvalue weighted by molar-refractivity contribution is 7.99. The Hall–Kier alpha value is -2.44. The fourth-order valence-electron chi connectivity index (χ4n) is 4.37. The van der Waals surface area contributed by atoms with Gasteiger partial charge in [-0.1, -0.05) is 30.0 Å². The number of aromatic nitrogens is 3. The highest BCUT2D eigenvalue weighted by Gasteiger charge is 2.43. The third-order valence-corrected chi connectivity index (χ3v) is 7.95. The second kappa shape index (κ2) is 7.56. The van der Waals surface area contributed by atoms with E-state index in [-0.39, 0.29) is 23.4 Å². The first kappa shape index (κ1) is 20.2. The largest absolute Gasteiger partial charge is 0.370 e. The van der Waals surface area contributed by atoms with Gasteiger partial charge >= 0.3 is 0 Å². The molecule has 1 atom stereocenters. The first-order valence-corrected chi connectivity index (χ1v) is 12.3. The van der Waals surface area contributed by atoms with Crippen LogP contribution in [-0.4, -0.2) is 38.7 Å². The highest BCUT2D eigenvalue weighted by Crippen LogP contribution is 2.48. The van der Waals surface area contributed by atoms with Crippen molar-refractivity contribution in [2.24, 2.45) is 0 Å². The maximum Gasteiger partial charge on any atom is 0.249 e. The van der Waals surface area contributed by atoms with Crippen LogP contribution < -0.4 is 21.1 Å². The van der Waals surface area contributed by atoms with Crippen LogP contribution in [0.1, 0.15) is 36.0 Å². The number of para-hydroxylation sites is 1. The number of ether oxygens (including phenoxy) is 1. The minimum atomic E-state index is -0.195. The molecule has 32 heavy (non-hydrogen) atoms. The van der Waals surface area contributed by atoms with Gasteiger partial charge in [-0.2, -0.15) is 0 Å². The van der Waals surface area contributed by atoms with Gasteiger partial charge in [-0.3, -0.25) is 15.1 Å². The SMILES string of the molecule is CC1(C)Cc2c(sc3c2C2NCNN2c2nnc(SCC(=O)Nc4ccccc4)n2-3)CO1. The molecule has 6 rings (SSSR count). The number of carbonyl (C=O) groups excluding carboxylic acids is 1. The number of rotatable bonds is 4. The lowest BCUT2D eigenvalue weighted by Gasteiger charge is -2.34. The molecular weight excluding hydrogens is 446 g/mol. The van der Waals surface area contributed by atoms with E-state index >= 15 is 0 Å². The molecule has 11 heteroatoms. The molecule has 5 heterocycles. The van der Waals surface area contributed by atoms with Crippen molar-refractivity contribution in [1.29, 1.82) is 0 Å². The van der Waals surface area contributed by atoms with Gasteiger partial charge in [-0.25, -0.2) is 9.99 Å². The Morgan fingerprint density at radius 3 is 3.03 bits per heavy atom. The van der Waals surface area contributed by atoms with Gasteiger partial charge < -0.3 is 10.1 Å². The molecule has 1 amide bonds. The molecule has 1 unspecified atom stereocenters. The monoisotopic (exact) mass is 469 g/mol. The fourth-order valence-corrected chi connectivity index (χ4v) is 6.43. The summed E-state index contributed by atoms with van der Waals surface area (Å²) in [7, 11) is 0. The maximum absolute atomic E-state index is 12.5. The van der Waals surface area contributed by atoms with Crippen molar-refractivity contribution in [3.63, 3.8) is 0 Å². The zero-order valence-corrected chi connectivity index (χ0v) is 19.3. The number of anilines is 2. The predicted molar refractivity (Wildman–Crippen MR) is 124 cm³/mol. The van der Waals surface area contributed by atoms with E-state index in [4.69, 9.17) is 4.74 Å². The van der Waals surface area contributed by atoms with Gasteiger partial charge in [0.1, 0.15) is 11.2 Å². The van der Waals surface area contributed by atoms with Gasteiger partial charge in [0.25, 0.3) is 0 Å². The third-order valence-electron chi connectivity index (χ3n) is 5.81. The number of nitrogens with one attached hydrogen (secondary N) is 3. The molecule has 0 bridgehead atoms. The van der Waals surface area contributed by atoms with Crippen molar-refractivity contribution in [2.75, 3.05) is 22.7 Å². The van der Waals surface area contributed by atoms with Gasteiger partial charge in [-0.15, -0.1) is 21.5 Å². The highest BCUT2D eigenvalue weighted by atomic mass is 32.2. The Kier molecular flexibility index (Phi) is 4.77.